The molecule has 3 heterocycles. The van der Waals surface area contributed by atoms with Crippen molar-refractivity contribution in [1.82, 2.24) is 15.3 Å². The fourth-order valence-electron chi connectivity index (χ4n) is 4.86. The van der Waals surface area contributed by atoms with Crippen LogP contribution in [0.5, 0.6) is 11.5 Å². The number of aromatic nitrogens is 2. The minimum atomic E-state index is -0.280. The number of aromatic amines is 1. The van der Waals surface area contributed by atoms with Crippen LogP contribution in [0.15, 0.2) is 53.3 Å². The van der Waals surface area contributed by atoms with Gasteiger partial charge in [-0.25, -0.2) is 4.98 Å². The number of carbonyl (C=O) groups is 1. The van der Waals surface area contributed by atoms with Gasteiger partial charge < -0.3 is 15.0 Å². The molecule has 0 atom stereocenters. The third-order valence-electron chi connectivity index (χ3n) is 6.45. The minimum absolute atomic E-state index is 0.0814. The summed E-state index contributed by atoms with van der Waals surface area (Å²) in [4.78, 5) is 35.4. The highest BCUT2D eigenvalue weighted by Crippen LogP contribution is 2.42. The van der Waals surface area contributed by atoms with Crippen LogP contribution < -0.4 is 15.6 Å². The minimum Gasteiger partial charge on any atom is -0.457 e. The number of hydrogen-bond donors (Lipinski definition) is 2. The molecule has 7 heteroatoms. The fraction of sp³-hybridized carbons (Fsp3) is 0.269. The van der Waals surface area contributed by atoms with E-state index in [1.807, 2.05) is 48.5 Å². The maximum atomic E-state index is 12.9. The van der Waals surface area contributed by atoms with E-state index in [-0.39, 0.29) is 23.9 Å². The van der Waals surface area contributed by atoms with Gasteiger partial charge in [0.1, 0.15) is 22.2 Å². The number of rotatable bonds is 4. The molecule has 0 bridgehead atoms. The molecule has 2 aromatic carbocycles. The van der Waals surface area contributed by atoms with Crippen LogP contribution in [-0.2, 0) is 24.1 Å². The van der Waals surface area contributed by atoms with Crippen LogP contribution in [0.1, 0.15) is 52.7 Å². The molecular formula is C26H23N3O3S. The SMILES string of the molecule is O=C(CCc1nc2sc3c(c2c(=O)[nH]1)CCCC3)NC1c2ccccc2Oc2ccccc21. The summed E-state index contributed by atoms with van der Waals surface area (Å²) in [6.07, 6.45) is 4.90. The van der Waals surface area contributed by atoms with E-state index >= 15 is 0 Å². The van der Waals surface area contributed by atoms with Gasteiger partial charge in [0, 0.05) is 28.8 Å². The maximum absolute atomic E-state index is 12.9. The van der Waals surface area contributed by atoms with E-state index < -0.39 is 0 Å². The monoisotopic (exact) mass is 457 g/mol. The quantitative estimate of drug-likeness (QED) is 0.461. The van der Waals surface area contributed by atoms with Crippen LogP contribution in [0.3, 0.4) is 0 Å². The lowest BCUT2D eigenvalue weighted by Gasteiger charge is -2.28. The van der Waals surface area contributed by atoms with Crippen LogP contribution in [-0.4, -0.2) is 15.9 Å². The molecule has 0 radical (unpaired) electrons. The molecule has 0 saturated heterocycles. The number of ether oxygens (including phenoxy) is 1. The van der Waals surface area contributed by atoms with E-state index in [4.69, 9.17) is 9.72 Å². The second-order valence-electron chi connectivity index (χ2n) is 8.58. The summed E-state index contributed by atoms with van der Waals surface area (Å²) in [5.74, 6) is 1.97. The van der Waals surface area contributed by atoms with E-state index in [1.165, 1.54) is 16.9 Å². The first-order valence-corrected chi connectivity index (χ1v) is 12.2. The van der Waals surface area contributed by atoms with Gasteiger partial charge >= 0.3 is 0 Å². The molecule has 2 aliphatic rings. The van der Waals surface area contributed by atoms with Crippen LogP contribution in [0.4, 0.5) is 0 Å². The molecule has 2 aromatic heterocycles. The molecule has 0 unspecified atom stereocenters. The molecule has 0 spiro atoms. The third kappa shape index (κ3) is 3.62. The topological polar surface area (TPSA) is 84.1 Å². The molecule has 1 aliphatic carbocycles. The summed E-state index contributed by atoms with van der Waals surface area (Å²) in [5.41, 5.74) is 2.96. The van der Waals surface area contributed by atoms with Crippen molar-refractivity contribution in [2.75, 3.05) is 0 Å². The largest absolute Gasteiger partial charge is 0.457 e. The second kappa shape index (κ2) is 8.15. The second-order valence-corrected chi connectivity index (χ2v) is 9.67. The van der Waals surface area contributed by atoms with E-state index in [2.05, 4.69) is 10.3 Å². The standard InChI is InChI=1S/C26H23N3O3S/c30-22(29-24-15-7-1-4-10-18(15)32-19-11-5-2-8-16(19)24)14-13-21-27-25(31)23-17-9-3-6-12-20(17)33-26(23)28-21/h1-2,4-5,7-8,10-11,24H,3,6,9,12-14H2,(H,29,30)(H,27,28,31). The first-order valence-electron chi connectivity index (χ1n) is 11.4. The zero-order valence-electron chi connectivity index (χ0n) is 18.0. The van der Waals surface area contributed by atoms with Crippen molar-refractivity contribution < 1.29 is 9.53 Å². The predicted molar refractivity (Wildman–Crippen MR) is 128 cm³/mol. The summed E-state index contributed by atoms with van der Waals surface area (Å²) in [7, 11) is 0. The predicted octanol–water partition coefficient (Wildman–Crippen LogP) is 4.81. The Kier molecular flexibility index (Phi) is 4.99. The van der Waals surface area contributed by atoms with Gasteiger partial charge in [0.15, 0.2) is 0 Å². The van der Waals surface area contributed by atoms with Crippen molar-refractivity contribution in [3.63, 3.8) is 0 Å². The molecular weight excluding hydrogens is 434 g/mol. The van der Waals surface area contributed by atoms with Crippen molar-refractivity contribution in [2.24, 2.45) is 0 Å². The number of benzene rings is 2. The number of nitrogens with zero attached hydrogens (tertiary/aromatic N) is 1. The Bertz CT molecular complexity index is 1390. The zero-order chi connectivity index (χ0) is 22.4. The molecule has 166 valence electrons. The highest BCUT2D eigenvalue weighted by Gasteiger charge is 2.28. The summed E-state index contributed by atoms with van der Waals surface area (Å²) in [6.45, 7) is 0. The Morgan fingerprint density at radius 1 is 1.06 bits per heavy atom. The van der Waals surface area contributed by atoms with Gasteiger partial charge in [0.2, 0.25) is 5.91 Å². The lowest BCUT2D eigenvalue weighted by Crippen LogP contribution is -2.31. The van der Waals surface area contributed by atoms with Gasteiger partial charge in [0.25, 0.3) is 5.56 Å². The Morgan fingerprint density at radius 2 is 1.76 bits per heavy atom. The first kappa shape index (κ1) is 20.2. The normalized spacial score (nSPS) is 14.8. The Labute approximate surface area is 194 Å². The van der Waals surface area contributed by atoms with Gasteiger partial charge in [0.05, 0.1) is 11.4 Å². The highest BCUT2D eigenvalue weighted by molar-refractivity contribution is 7.18. The van der Waals surface area contributed by atoms with E-state index in [0.717, 1.165) is 52.1 Å². The molecule has 0 saturated carbocycles. The van der Waals surface area contributed by atoms with Gasteiger partial charge in [-0.2, -0.15) is 0 Å². The molecule has 6 nitrogen and oxygen atoms in total. The number of amides is 1. The molecule has 6 rings (SSSR count). The number of hydrogen-bond acceptors (Lipinski definition) is 5. The van der Waals surface area contributed by atoms with Crippen LogP contribution in [0.2, 0.25) is 0 Å². The van der Waals surface area contributed by atoms with Gasteiger partial charge in [-0.1, -0.05) is 36.4 Å². The van der Waals surface area contributed by atoms with Crippen molar-refractivity contribution in [3.8, 4) is 11.5 Å². The van der Waals surface area contributed by atoms with Crippen LogP contribution >= 0.6 is 11.3 Å². The van der Waals surface area contributed by atoms with Crippen molar-refractivity contribution in [2.45, 2.75) is 44.6 Å². The zero-order valence-corrected chi connectivity index (χ0v) is 18.8. The summed E-state index contributed by atoms with van der Waals surface area (Å²) in [6, 6.07) is 15.2. The first-order chi connectivity index (χ1) is 16.2. The molecule has 4 aromatic rings. The average molecular weight is 458 g/mol. The number of nitrogens with one attached hydrogen (secondary N) is 2. The smallest absolute Gasteiger partial charge is 0.259 e. The maximum Gasteiger partial charge on any atom is 0.259 e. The molecule has 0 fully saturated rings. The van der Waals surface area contributed by atoms with E-state index in [1.54, 1.807) is 11.3 Å². The van der Waals surface area contributed by atoms with Crippen LogP contribution in [0, 0.1) is 0 Å². The number of H-pyrrole nitrogens is 1. The molecule has 1 amide bonds. The van der Waals surface area contributed by atoms with Crippen molar-refractivity contribution in [3.05, 3.63) is 86.3 Å². The van der Waals surface area contributed by atoms with Crippen molar-refractivity contribution >= 4 is 27.5 Å². The van der Waals surface area contributed by atoms with Gasteiger partial charge in [-0.15, -0.1) is 11.3 Å². The Balaban J connectivity index is 1.22. The summed E-state index contributed by atoms with van der Waals surface area (Å²) < 4.78 is 6.01. The number of thiophene rings is 1. The lowest BCUT2D eigenvalue weighted by molar-refractivity contribution is -0.121. The van der Waals surface area contributed by atoms with Crippen LogP contribution in [0.25, 0.3) is 10.2 Å². The molecule has 1 aliphatic heterocycles. The number of para-hydroxylation sites is 2. The molecule has 33 heavy (non-hydrogen) atoms. The Morgan fingerprint density at radius 3 is 2.52 bits per heavy atom. The summed E-state index contributed by atoms with van der Waals surface area (Å²) in [5, 5.41) is 3.91. The van der Waals surface area contributed by atoms with E-state index in [9.17, 15) is 9.59 Å². The van der Waals surface area contributed by atoms with Crippen molar-refractivity contribution in [1.29, 1.82) is 0 Å². The number of carbonyl (C=O) groups excluding carboxylic acids is 1. The number of aryl methyl sites for hydroxylation is 3. The molecule has 2 N–H and O–H groups in total. The fourth-order valence-corrected chi connectivity index (χ4v) is 6.14. The van der Waals surface area contributed by atoms with Gasteiger partial charge in [-0.05, 0) is 43.4 Å². The third-order valence-corrected chi connectivity index (χ3v) is 7.63. The van der Waals surface area contributed by atoms with Gasteiger partial charge in [-0.3, -0.25) is 9.59 Å². The van der Waals surface area contributed by atoms with E-state index in [0.29, 0.717) is 12.2 Å². The average Bonchev–Trinajstić information content (AvgIpc) is 3.21. The number of fused-ring (bicyclic) bond motifs is 5. The lowest BCUT2D eigenvalue weighted by atomic mass is 9.94. The Hall–Kier alpha value is -3.45. The highest BCUT2D eigenvalue weighted by atomic mass is 32.1. The summed E-state index contributed by atoms with van der Waals surface area (Å²) >= 11 is 1.63.